The second-order valence-corrected chi connectivity index (χ2v) is 8.53. The quantitative estimate of drug-likeness (QED) is 0.733. The second-order valence-electron chi connectivity index (χ2n) is 7.51. The summed E-state index contributed by atoms with van der Waals surface area (Å²) < 4.78 is 11.1. The summed E-state index contributed by atoms with van der Waals surface area (Å²) in [6.07, 6.45) is 0.144. The zero-order valence-electron chi connectivity index (χ0n) is 17.3. The molecule has 2 aliphatic rings. The minimum Gasteiger partial charge on any atom is -0.486 e. The molecule has 31 heavy (non-hydrogen) atoms. The molecular formula is C22H23N3O5S. The number of ether oxygens (including phenoxy) is 2. The first-order valence-corrected chi connectivity index (χ1v) is 10.7. The standard InChI is InChI=1S/C22H23N3O5S/c1-24(2)22(28)31-17-6-3-15(4-7-17)23-21(27)14-11-20(26)25(13-14)16-5-8-18-19(12-16)30-10-9-29-18/h3-8,12,14H,9-11,13H2,1-2H3,(H,23,27). The molecule has 0 radical (unpaired) electrons. The van der Waals surface area contributed by atoms with Gasteiger partial charge in [0.05, 0.1) is 5.92 Å². The summed E-state index contributed by atoms with van der Waals surface area (Å²) in [5.74, 6) is 0.494. The number of hydrogen-bond donors (Lipinski definition) is 1. The van der Waals surface area contributed by atoms with E-state index in [2.05, 4.69) is 5.32 Å². The van der Waals surface area contributed by atoms with E-state index in [4.69, 9.17) is 9.47 Å². The van der Waals surface area contributed by atoms with E-state index in [0.29, 0.717) is 42.6 Å². The monoisotopic (exact) mass is 441 g/mol. The largest absolute Gasteiger partial charge is 0.486 e. The average Bonchev–Trinajstić information content (AvgIpc) is 3.16. The smallest absolute Gasteiger partial charge is 0.285 e. The zero-order valence-corrected chi connectivity index (χ0v) is 18.1. The average molecular weight is 442 g/mol. The molecule has 0 saturated carbocycles. The Morgan fingerprint density at radius 1 is 1.06 bits per heavy atom. The van der Waals surface area contributed by atoms with Crippen molar-refractivity contribution in [2.24, 2.45) is 5.92 Å². The van der Waals surface area contributed by atoms with Gasteiger partial charge in [0, 0.05) is 49.4 Å². The normalized spacial score (nSPS) is 17.4. The van der Waals surface area contributed by atoms with Gasteiger partial charge in [-0.25, -0.2) is 0 Å². The fourth-order valence-corrected chi connectivity index (χ4v) is 4.03. The van der Waals surface area contributed by atoms with Crippen LogP contribution < -0.4 is 19.7 Å². The van der Waals surface area contributed by atoms with E-state index in [9.17, 15) is 14.4 Å². The maximum absolute atomic E-state index is 12.7. The molecule has 2 heterocycles. The summed E-state index contributed by atoms with van der Waals surface area (Å²) in [5, 5.41) is 2.79. The van der Waals surface area contributed by atoms with Crippen LogP contribution in [0.5, 0.6) is 11.5 Å². The van der Waals surface area contributed by atoms with Crippen LogP contribution in [0.15, 0.2) is 47.4 Å². The van der Waals surface area contributed by atoms with Crippen LogP contribution in [0.4, 0.5) is 16.2 Å². The van der Waals surface area contributed by atoms with Crippen LogP contribution >= 0.6 is 11.8 Å². The molecular weight excluding hydrogens is 418 g/mol. The van der Waals surface area contributed by atoms with Crippen molar-refractivity contribution in [2.75, 3.05) is 44.1 Å². The molecule has 0 aliphatic carbocycles. The Morgan fingerprint density at radius 2 is 1.77 bits per heavy atom. The molecule has 4 rings (SSSR count). The molecule has 0 bridgehead atoms. The lowest BCUT2D eigenvalue weighted by atomic mass is 10.1. The van der Waals surface area contributed by atoms with Crippen molar-refractivity contribution in [1.82, 2.24) is 4.90 Å². The number of anilines is 2. The van der Waals surface area contributed by atoms with Gasteiger partial charge in [0.15, 0.2) is 11.5 Å². The van der Waals surface area contributed by atoms with Crippen LogP contribution in [0.1, 0.15) is 6.42 Å². The van der Waals surface area contributed by atoms with E-state index in [1.165, 1.54) is 4.90 Å². The molecule has 1 N–H and O–H groups in total. The van der Waals surface area contributed by atoms with E-state index < -0.39 is 5.92 Å². The van der Waals surface area contributed by atoms with Gasteiger partial charge in [-0.05, 0) is 48.2 Å². The number of thioether (sulfide) groups is 1. The summed E-state index contributed by atoms with van der Waals surface area (Å²) in [7, 11) is 3.39. The fourth-order valence-electron chi connectivity index (χ4n) is 3.38. The van der Waals surface area contributed by atoms with Crippen molar-refractivity contribution >= 4 is 40.2 Å². The molecule has 1 unspecified atom stereocenters. The first-order chi connectivity index (χ1) is 14.9. The lowest BCUT2D eigenvalue weighted by molar-refractivity contribution is -0.122. The molecule has 3 amide bonds. The van der Waals surface area contributed by atoms with E-state index in [0.717, 1.165) is 16.7 Å². The number of benzene rings is 2. The SMILES string of the molecule is CN(C)C(=O)Sc1ccc(NC(=O)C2CC(=O)N(c3ccc4c(c3)OCCO4)C2)cc1. The Balaban J connectivity index is 1.38. The Labute approximate surface area is 184 Å². The lowest BCUT2D eigenvalue weighted by Gasteiger charge is -2.22. The van der Waals surface area contributed by atoms with Gasteiger partial charge >= 0.3 is 0 Å². The summed E-state index contributed by atoms with van der Waals surface area (Å²) >= 11 is 1.12. The van der Waals surface area contributed by atoms with Gasteiger partial charge < -0.3 is 24.6 Å². The van der Waals surface area contributed by atoms with Crippen LogP contribution in [-0.2, 0) is 9.59 Å². The fraction of sp³-hybridized carbons (Fsp3) is 0.318. The topological polar surface area (TPSA) is 88.2 Å². The minimum atomic E-state index is -0.454. The van der Waals surface area contributed by atoms with E-state index in [-0.39, 0.29) is 23.5 Å². The second kappa shape index (κ2) is 8.89. The number of rotatable bonds is 4. The van der Waals surface area contributed by atoms with Gasteiger partial charge in [0.2, 0.25) is 11.8 Å². The van der Waals surface area contributed by atoms with Crippen molar-refractivity contribution in [3.8, 4) is 11.5 Å². The molecule has 9 heteroatoms. The maximum Gasteiger partial charge on any atom is 0.285 e. The van der Waals surface area contributed by atoms with Gasteiger partial charge in [-0.15, -0.1) is 0 Å². The molecule has 0 aromatic heterocycles. The van der Waals surface area contributed by atoms with Crippen LogP contribution in [0.25, 0.3) is 0 Å². The van der Waals surface area contributed by atoms with Gasteiger partial charge in [0.25, 0.3) is 5.24 Å². The predicted octanol–water partition coefficient (Wildman–Crippen LogP) is 3.22. The molecule has 0 spiro atoms. The van der Waals surface area contributed by atoms with Gasteiger partial charge in [-0.1, -0.05) is 0 Å². The minimum absolute atomic E-state index is 0.0690. The number of fused-ring (bicyclic) bond motifs is 1. The third-order valence-electron chi connectivity index (χ3n) is 5.03. The van der Waals surface area contributed by atoms with Crippen molar-refractivity contribution in [1.29, 1.82) is 0 Å². The predicted molar refractivity (Wildman–Crippen MR) is 118 cm³/mol. The Kier molecular flexibility index (Phi) is 6.03. The summed E-state index contributed by atoms with van der Waals surface area (Å²) in [4.78, 5) is 40.9. The first-order valence-electron chi connectivity index (χ1n) is 9.91. The highest BCUT2D eigenvalue weighted by molar-refractivity contribution is 8.13. The third-order valence-corrected chi connectivity index (χ3v) is 6.07. The lowest BCUT2D eigenvalue weighted by Crippen LogP contribution is -2.28. The Hall–Kier alpha value is -3.20. The summed E-state index contributed by atoms with van der Waals surface area (Å²) in [5.41, 5.74) is 1.31. The van der Waals surface area contributed by atoms with E-state index in [1.807, 2.05) is 0 Å². The van der Waals surface area contributed by atoms with Gasteiger partial charge in [-0.3, -0.25) is 14.4 Å². The first kappa shape index (κ1) is 21.0. The van der Waals surface area contributed by atoms with Crippen molar-refractivity contribution < 1.29 is 23.9 Å². The zero-order chi connectivity index (χ0) is 22.0. The number of nitrogens with one attached hydrogen (secondary N) is 1. The number of hydrogen-bond acceptors (Lipinski definition) is 6. The highest BCUT2D eigenvalue weighted by Crippen LogP contribution is 2.36. The van der Waals surface area contributed by atoms with Crippen molar-refractivity contribution in [3.63, 3.8) is 0 Å². The molecule has 1 fully saturated rings. The molecule has 162 valence electrons. The van der Waals surface area contributed by atoms with Crippen LogP contribution in [-0.4, -0.2) is 55.8 Å². The van der Waals surface area contributed by atoms with E-state index in [1.54, 1.807) is 61.5 Å². The third kappa shape index (κ3) is 4.77. The van der Waals surface area contributed by atoms with Gasteiger partial charge in [0.1, 0.15) is 13.2 Å². The van der Waals surface area contributed by atoms with E-state index >= 15 is 0 Å². The Bertz CT molecular complexity index is 1010. The molecule has 2 aliphatic heterocycles. The van der Waals surface area contributed by atoms with Crippen LogP contribution in [0, 0.1) is 5.92 Å². The molecule has 1 saturated heterocycles. The molecule has 2 aromatic rings. The summed E-state index contributed by atoms with van der Waals surface area (Å²) in [6.45, 7) is 1.27. The Morgan fingerprint density at radius 3 is 2.48 bits per heavy atom. The number of amides is 3. The van der Waals surface area contributed by atoms with Gasteiger partial charge in [-0.2, -0.15) is 0 Å². The molecule has 2 aromatic carbocycles. The molecule has 1 atom stereocenters. The highest BCUT2D eigenvalue weighted by Gasteiger charge is 2.35. The highest BCUT2D eigenvalue weighted by atomic mass is 32.2. The van der Waals surface area contributed by atoms with Crippen LogP contribution in [0.2, 0.25) is 0 Å². The number of carbonyl (C=O) groups excluding carboxylic acids is 3. The maximum atomic E-state index is 12.7. The number of nitrogens with zero attached hydrogens (tertiary/aromatic N) is 2. The number of carbonyl (C=O) groups is 3. The van der Waals surface area contributed by atoms with Crippen molar-refractivity contribution in [3.05, 3.63) is 42.5 Å². The summed E-state index contributed by atoms with van der Waals surface area (Å²) in [6, 6.07) is 12.4. The van der Waals surface area contributed by atoms with Crippen molar-refractivity contribution in [2.45, 2.75) is 11.3 Å². The molecule has 8 nitrogen and oxygen atoms in total. The van der Waals surface area contributed by atoms with Crippen LogP contribution in [0.3, 0.4) is 0 Å².